The first kappa shape index (κ1) is 12.4. The van der Waals surface area contributed by atoms with Crippen molar-refractivity contribution in [3.63, 3.8) is 0 Å². The predicted octanol–water partition coefficient (Wildman–Crippen LogP) is 2.75. The average molecular weight is 244 g/mol. The molecule has 0 aliphatic carbocycles. The molecule has 0 saturated carbocycles. The smallest absolute Gasteiger partial charge is 0.356 e. The number of rotatable bonds is 3. The zero-order valence-electron chi connectivity index (χ0n) is 10.8. The highest BCUT2D eigenvalue weighted by molar-refractivity contribution is 5.86. The Labute approximate surface area is 106 Å². The number of hydrogen-bond donors (Lipinski definition) is 1. The van der Waals surface area contributed by atoms with Gasteiger partial charge in [-0.25, -0.2) is 9.48 Å². The zero-order chi connectivity index (χ0) is 13.3. The van der Waals surface area contributed by atoms with Crippen molar-refractivity contribution in [2.75, 3.05) is 0 Å². The summed E-state index contributed by atoms with van der Waals surface area (Å²) >= 11 is 0. The van der Waals surface area contributed by atoms with E-state index in [1.807, 2.05) is 18.2 Å². The van der Waals surface area contributed by atoms with Gasteiger partial charge in [-0.1, -0.05) is 13.0 Å². The molecule has 0 fully saturated rings. The first-order valence-electron chi connectivity index (χ1n) is 5.92. The number of aromatic nitrogens is 2. The van der Waals surface area contributed by atoms with Gasteiger partial charge < -0.3 is 5.11 Å². The van der Waals surface area contributed by atoms with Crippen molar-refractivity contribution in [3.05, 3.63) is 46.8 Å². The zero-order valence-corrected chi connectivity index (χ0v) is 10.8. The lowest BCUT2D eigenvalue weighted by atomic mass is 10.1. The minimum atomic E-state index is -0.992. The van der Waals surface area contributed by atoms with Crippen LogP contribution in [0.3, 0.4) is 0 Å². The number of carboxylic acid groups (broad SMARTS) is 1. The van der Waals surface area contributed by atoms with Gasteiger partial charge in [0.05, 0.1) is 5.69 Å². The van der Waals surface area contributed by atoms with Crippen LogP contribution in [0.25, 0.3) is 5.69 Å². The van der Waals surface area contributed by atoms with Crippen molar-refractivity contribution in [2.45, 2.75) is 27.2 Å². The molecule has 2 rings (SSSR count). The molecule has 1 N–H and O–H groups in total. The van der Waals surface area contributed by atoms with Crippen LogP contribution in [0.1, 0.15) is 34.1 Å². The van der Waals surface area contributed by atoms with Crippen LogP contribution < -0.4 is 0 Å². The van der Waals surface area contributed by atoms with E-state index in [4.69, 9.17) is 5.11 Å². The molecule has 94 valence electrons. The molecule has 0 amide bonds. The minimum absolute atomic E-state index is 0.105. The fraction of sp³-hybridized carbons (Fsp3) is 0.286. The van der Waals surface area contributed by atoms with Crippen molar-refractivity contribution < 1.29 is 9.90 Å². The molecule has 0 unspecified atom stereocenters. The molecule has 0 radical (unpaired) electrons. The Bertz CT molecular complexity index is 600. The van der Waals surface area contributed by atoms with E-state index in [9.17, 15) is 4.79 Å². The van der Waals surface area contributed by atoms with Gasteiger partial charge in [0.15, 0.2) is 5.69 Å². The lowest BCUT2D eigenvalue weighted by molar-refractivity contribution is 0.0689. The predicted molar refractivity (Wildman–Crippen MR) is 69.4 cm³/mol. The minimum Gasteiger partial charge on any atom is -0.476 e. The van der Waals surface area contributed by atoms with Crippen LogP contribution in [0.2, 0.25) is 0 Å². The van der Waals surface area contributed by atoms with E-state index in [1.54, 1.807) is 17.8 Å². The molecule has 0 aliphatic heterocycles. The Morgan fingerprint density at radius 3 is 2.61 bits per heavy atom. The second-order valence-electron chi connectivity index (χ2n) is 4.37. The fourth-order valence-electron chi connectivity index (χ4n) is 1.99. The standard InChI is InChI=1S/C14H16N2O2/c1-4-11-7-12(6-5-9(11)2)16-8-10(3)13(15-16)14(17)18/h5-8H,4H2,1-3H3,(H,17,18). The lowest BCUT2D eigenvalue weighted by Crippen LogP contribution is -2.02. The van der Waals surface area contributed by atoms with Crippen LogP contribution in [0.15, 0.2) is 24.4 Å². The molecule has 1 heterocycles. The van der Waals surface area contributed by atoms with Crippen LogP contribution >= 0.6 is 0 Å². The van der Waals surface area contributed by atoms with Gasteiger partial charge in [0.2, 0.25) is 0 Å². The first-order valence-corrected chi connectivity index (χ1v) is 5.92. The highest BCUT2D eigenvalue weighted by Gasteiger charge is 2.13. The molecule has 4 heteroatoms. The monoisotopic (exact) mass is 244 g/mol. The average Bonchev–Trinajstić information content (AvgIpc) is 2.72. The lowest BCUT2D eigenvalue weighted by Gasteiger charge is -2.06. The van der Waals surface area contributed by atoms with Crippen LogP contribution in [0.5, 0.6) is 0 Å². The summed E-state index contributed by atoms with van der Waals surface area (Å²) in [5, 5.41) is 13.1. The van der Waals surface area contributed by atoms with Crippen LogP contribution in [0, 0.1) is 13.8 Å². The van der Waals surface area contributed by atoms with Gasteiger partial charge in [-0.3, -0.25) is 0 Å². The second-order valence-corrected chi connectivity index (χ2v) is 4.37. The first-order chi connectivity index (χ1) is 8.52. The normalized spacial score (nSPS) is 10.6. The number of benzene rings is 1. The third kappa shape index (κ3) is 2.14. The van der Waals surface area contributed by atoms with Crippen molar-refractivity contribution in [1.29, 1.82) is 0 Å². The van der Waals surface area contributed by atoms with Gasteiger partial charge in [-0.05, 0) is 43.5 Å². The number of hydrogen-bond acceptors (Lipinski definition) is 2. The summed E-state index contributed by atoms with van der Waals surface area (Å²) in [5.41, 5.74) is 4.16. The quantitative estimate of drug-likeness (QED) is 0.903. The summed E-state index contributed by atoms with van der Waals surface area (Å²) in [4.78, 5) is 11.0. The molecule has 1 aromatic heterocycles. The molecule has 18 heavy (non-hydrogen) atoms. The third-order valence-electron chi connectivity index (χ3n) is 3.08. The van der Waals surface area contributed by atoms with E-state index < -0.39 is 5.97 Å². The van der Waals surface area contributed by atoms with Gasteiger partial charge in [0, 0.05) is 11.8 Å². The van der Waals surface area contributed by atoms with Gasteiger partial charge in [0.25, 0.3) is 0 Å². The van der Waals surface area contributed by atoms with Gasteiger partial charge >= 0.3 is 5.97 Å². The Hall–Kier alpha value is -2.10. The summed E-state index contributed by atoms with van der Waals surface area (Å²) in [6.45, 7) is 5.92. The van der Waals surface area contributed by atoms with Crippen molar-refractivity contribution in [1.82, 2.24) is 9.78 Å². The number of carbonyl (C=O) groups is 1. The summed E-state index contributed by atoms with van der Waals surface area (Å²) in [6.07, 6.45) is 2.69. The van der Waals surface area contributed by atoms with E-state index in [2.05, 4.69) is 18.9 Å². The summed E-state index contributed by atoms with van der Waals surface area (Å²) in [7, 11) is 0. The maximum absolute atomic E-state index is 11.0. The molecular weight excluding hydrogens is 228 g/mol. The highest BCUT2D eigenvalue weighted by Crippen LogP contribution is 2.16. The highest BCUT2D eigenvalue weighted by atomic mass is 16.4. The maximum Gasteiger partial charge on any atom is 0.356 e. The maximum atomic E-state index is 11.0. The summed E-state index contributed by atoms with van der Waals surface area (Å²) in [5.74, 6) is -0.992. The fourth-order valence-corrected chi connectivity index (χ4v) is 1.99. The Morgan fingerprint density at radius 1 is 1.33 bits per heavy atom. The van der Waals surface area contributed by atoms with Crippen LogP contribution in [-0.2, 0) is 6.42 Å². The second kappa shape index (κ2) is 4.64. The molecule has 4 nitrogen and oxygen atoms in total. The molecule has 0 saturated heterocycles. The molecule has 0 atom stereocenters. The summed E-state index contributed by atoms with van der Waals surface area (Å²) in [6, 6.07) is 6.03. The molecule has 0 aliphatic rings. The van der Waals surface area contributed by atoms with E-state index >= 15 is 0 Å². The number of aromatic carboxylic acids is 1. The van der Waals surface area contributed by atoms with E-state index in [-0.39, 0.29) is 5.69 Å². The molecule has 0 bridgehead atoms. The number of nitrogens with zero attached hydrogens (tertiary/aromatic N) is 2. The molecule has 2 aromatic rings. The molecular formula is C14H16N2O2. The van der Waals surface area contributed by atoms with Crippen molar-refractivity contribution in [3.8, 4) is 5.69 Å². The SMILES string of the molecule is CCc1cc(-n2cc(C)c(C(=O)O)n2)ccc1C. The molecule has 0 spiro atoms. The molecule has 1 aromatic carbocycles. The summed E-state index contributed by atoms with van der Waals surface area (Å²) < 4.78 is 1.62. The van der Waals surface area contributed by atoms with Crippen molar-refractivity contribution in [2.24, 2.45) is 0 Å². The van der Waals surface area contributed by atoms with Gasteiger partial charge in [-0.15, -0.1) is 0 Å². The van der Waals surface area contributed by atoms with E-state index in [0.717, 1.165) is 12.1 Å². The Kier molecular flexibility index (Phi) is 3.19. The van der Waals surface area contributed by atoms with Crippen molar-refractivity contribution >= 4 is 5.97 Å². The largest absolute Gasteiger partial charge is 0.476 e. The third-order valence-corrected chi connectivity index (χ3v) is 3.08. The Morgan fingerprint density at radius 2 is 2.06 bits per heavy atom. The van der Waals surface area contributed by atoms with Gasteiger partial charge in [-0.2, -0.15) is 5.10 Å². The topological polar surface area (TPSA) is 55.1 Å². The Balaban J connectivity index is 2.49. The van der Waals surface area contributed by atoms with E-state index in [1.165, 1.54) is 11.1 Å². The van der Waals surface area contributed by atoms with Crippen LogP contribution in [0.4, 0.5) is 0 Å². The van der Waals surface area contributed by atoms with Gasteiger partial charge in [0.1, 0.15) is 0 Å². The van der Waals surface area contributed by atoms with E-state index in [0.29, 0.717) is 5.56 Å². The number of carboxylic acids is 1. The number of aryl methyl sites for hydroxylation is 3. The van der Waals surface area contributed by atoms with Crippen LogP contribution in [-0.4, -0.2) is 20.9 Å².